The quantitative estimate of drug-likeness (QED) is 0.736. The zero-order valence-corrected chi connectivity index (χ0v) is 9.38. The first kappa shape index (κ1) is 11.2. The Hall–Kier alpha value is -2.31. The van der Waals surface area contributed by atoms with Crippen LogP contribution >= 0.6 is 0 Å². The largest absolute Gasteiger partial charge is 0.382 e. The molecule has 7 nitrogen and oxygen atoms in total. The van der Waals surface area contributed by atoms with E-state index in [1.807, 2.05) is 0 Å². The molecule has 7 heteroatoms. The highest BCUT2D eigenvalue weighted by molar-refractivity contribution is 5.23. The van der Waals surface area contributed by atoms with Crippen molar-refractivity contribution in [1.29, 1.82) is 0 Å². The van der Waals surface area contributed by atoms with E-state index in [1.54, 1.807) is 23.9 Å². The zero-order chi connectivity index (χ0) is 12.4. The average molecular weight is 235 g/mol. The number of hydrogen-bond acceptors (Lipinski definition) is 4. The Labute approximate surface area is 96.5 Å². The highest BCUT2D eigenvalue weighted by Crippen LogP contribution is 1.96. The molecule has 0 fully saturated rings. The van der Waals surface area contributed by atoms with Gasteiger partial charge in [0, 0.05) is 24.5 Å². The number of hydrogen-bond donors (Lipinski definition) is 2. The molecule has 0 unspecified atom stereocenters. The lowest BCUT2D eigenvalue weighted by atomic mass is 10.4. The molecule has 0 bridgehead atoms. The molecule has 0 atom stereocenters. The molecular weight excluding hydrogens is 222 g/mol. The number of rotatable bonds is 3. The topological polar surface area (TPSA) is 98.7 Å². The predicted octanol–water partition coefficient (Wildman–Crippen LogP) is -0.676. The Morgan fingerprint density at radius 3 is 2.82 bits per heavy atom. The molecule has 90 valence electrons. The summed E-state index contributed by atoms with van der Waals surface area (Å²) >= 11 is 0. The fourth-order valence-electron chi connectivity index (χ4n) is 1.50. The molecular formula is C10H13N5O2. The Bertz CT molecular complexity index is 637. The summed E-state index contributed by atoms with van der Waals surface area (Å²) in [6.45, 7) is 2.60. The number of nitrogen functional groups attached to an aromatic ring is 1. The molecule has 0 aliphatic heterocycles. The molecule has 0 aromatic carbocycles. The third-order valence-electron chi connectivity index (χ3n) is 2.42. The van der Waals surface area contributed by atoms with Gasteiger partial charge < -0.3 is 5.73 Å². The van der Waals surface area contributed by atoms with Gasteiger partial charge in [-0.25, -0.2) is 4.79 Å². The Balaban J connectivity index is 2.17. The fourth-order valence-corrected chi connectivity index (χ4v) is 1.50. The molecule has 2 heterocycles. The van der Waals surface area contributed by atoms with Crippen LogP contribution in [0.2, 0.25) is 0 Å². The van der Waals surface area contributed by atoms with Crippen molar-refractivity contribution in [2.45, 2.75) is 20.0 Å². The van der Waals surface area contributed by atoms with Crippen LogP contribution in [-0.2, 0) is 13.1 Å². The number of aromatic amines is 1. The zero-order valence-electron chi connectivity index (χ0n) is 9.38. The Morgan fingerprint density at radius 1 is 1.41 bits per heavy atom. The van der Waals surface area contributed by atoms with Gasteiger partial charge in [0.05, 0.1) is 6.54 Å². The first-order valence-corrected chi connectivity index (χ1v) is 5.15. The highest BCUT2D eigenvalue weighted by atomic mass is 16.2. The summed E-state index contributed by atoms with van der Waals surface area (Å²) in [6, 6.07) is 1.68. The van der Waals surface area contributed by atoms with Crippen LogP contribution in [0.4, 0.5) is 5.82 Å². The van der Waals surface area contributed by atoms with Gasteiger partial charge in [-0.15, -0.1) is 0 Å². The van der Waals surface area contributed by atoms with Gasteiger partial charge in [0.15, 0.2) is 0 Å². The number of nitrogens with two attached hydrogens (primary N) is 1. The lowest BCUT2D eigenvalue weighted by Gasteiger charge is -2.05. The molecule has 0 spiro atoms. The molecule has 2 aromatic rings. The normalized spacial score (nSPS) is 10.6. The smallest absolute Gasteiger partial charge is 0.328 e. The van der Waals surface area contributed by atoms with Crippen molar-refractivity contribution >= 4 is 5.82 Å². The van der Waals surface area contributed by atoms with E-state index in [4.69, 9.17) is 5.73 Å². The maximum absolute atomic E-state index is 11.5. The Kier molecular flexibility index (Phi) is 2.82. The monoisotopic (exact) mass is 235 g/mol. The standard InChI is InChI=1S/C10H13N5O2/c1-7-6-14(10(17)12-9(7)16)4-5-15-3-2-8(11)13-15/h2-3,6H,4-5H2,1H3,(H2,11,13)(H,12,16,17). The van der Waals surface area contributed by atoms with Crippen LogP contribution < -0.4 is 17.0 Å². The third-order valence-corrected chi connectivity index (χ3v) is 2.42. The fraction of sp³-hybridized carbons (Fsp3) is 0.300. The summed E-state index contributed by atoms with van der Waals surface area (Å²) in [7, 11) is 0. The van der Waals surface area contributed by atoms with Gasteiger partial charge in [-0.05, 0) is 13.0 Å². The van der Waals surface area contributed by atoms with Crippen LogP contribution in [0.5, 0.6) is 0 Å². The van der Waals surface area contributed by atoms with E-state index >= 15 is 0 Å². The second-order valence-corrected chi connectivity index (χ2v) is 3.77. The van der Waals surface area contributed by atoms with Crippen LogP contribution in [0.25, 0.3) is 0 Å². The minimum Gasteiger partial charge on any atom is -0.382 e. The van der Waals surface area contributed by atoms with Crippen LogP contribution in [0, 0.1) is 6.92 Å². The minimum absolute atomic E-state index is 0.352. The van der Waals surface area contributed by atoms with E-state index in [0.29, 0.717) is 24.5 Å². The molecule has 0 amide bonds. The van der Waals surface area contributed by atoms with Gasteiger partial charge in [-0.3, -0.25) is 19.0 Å². The minimum atomic E-state index is -0.416. The van der Waals surface area contributed by atoms with Crippen molar-refractivity contribution in [3.05, 3.63) is 44.9 Å². The molecule has 0 saturated heterocycles. The number of H-pyrrole nitrogens is 1. The summed E-state index contributed by atoms with van der Waals surface area (Å²) in [6.07, 6.45) is 3.27. The summed E-state index contributed by atoms with van der Waals surface area (Å²) in [4.78, 5) is 24.9. The van der Waals surface area contributed by atoms with E-state index in [0.717, 1.165) is 0 Å². The third kappa shape index (κ3) is 2.44. The number of aryl methyl sites for hydroxylation is 3. The van der Waals surface area contributed by atoms with Crippen molar-refractivity contribution in [3.63, 3.8) is 0 Å². The van der Waals surface area contributed by atoms with Gasteiger partial charge in [-0.1, -0.05) is 0 Å². The van der Waals surface area contributed by atoms with Crippen molar-refractivity contribution in [2.24, 2.45) is 0 Å². The lowest BCUT2D eigenvalue weighted by Crippen LogP contribution is -2.31. The number of anilines is 1. The average Bonchev–Trinajstić information content (AvgIpc) is 2.68. The SMILES string of the molecule is Cc1cn(CCn2ccc(N)n2)c(=O)[nH]c1=O. The molecule has 0 radical (unpaired) electrons. The van der Waals surface area contributed by atoms with E-state index in [-0.39, 0.29) is 5.56 Å². The van der Waals surface area contributed by atoms with Gasteiger partial charge in [0.1, 0.15) is 5.82 Å². The van der Waals surface area contributed by atoms with Crippen LogP contribution in [-0.4, -0.2) is 19.3 Å². The number of nitrogens with zero attached hydrogens (tertiary/aromatic N) is 3. The Morgan fingerprint density at radius 2 is 2.18 bits per heavy atom. The van der Waals surface area contributed by atoms with E-state index in [1.165, 1.54) is 10.8 Å². The molecule has 2 aromatic heterocycles. The molecule has 3 N–H and O–H groups in total. The second kappa shape index (κ2) is 4.28. The van der Waals surface area contributed by atoms with Crippen molar-refractivity contribution in [3.8, 4) is 0 Å². The van der Waals surface area contributed by atoms with Gasteiger partial charge in [0.25, 0.3) is 5.56 Å². The van der Waals surface area contributed by atoms with Crippen molar-refractivity contribution < 1.29 is 0 Å². The van der Waals surface area contributed by atoms with Gasteiger partial charge in [0.2, 0.25) is 0 Å². The predicted molar refractivity (Wildman–Crippen MR) is 62.7 cm³/mol. The summed E-state index contributed by atoms with van der Waals surface area (Å²) in [5.41, 5.74) is 5.21. The molecule has 0 aliphatic carbocycles. The van der Waals surface area contributed by atoms with Crippen molar-refractivity contribution in [2.75, 3.05) is 5.73 Å². The van der Waals surface area contributed by atoms with E-state index < -0.39 is 5.69 Å². The summed E-state index contributed by atoms with van der Waals surface area (Å²) in [5.74, 6) is 0.440. The number of aromatic nitrogens is 4. The van der Waals surface area contributed by atoms with E-state index in [2.05, 4.69) is 10.1 Å². The molecule has 0 saturated carbocycles. The van der Waals surface area contributed by atoms with Crippen LogP contribution in [0.3, 0.4) is 0 Å². The van der Waals surface area contributed by atoms with Crippen LogP contribution in [0.1, 0.15) is 5.56 Å². The maximum atomic E-state index is 11.5. The van der Waals surface area contributed by atoms with Crippen LogP contribution in [0.15, 0.2) is 28.0 Å². The first-order chi connectivity index (χ1) is 8.06. The van der Waals surface area contributed by atoms with Gasteiger partial charge in [-0.2, -0.15) is 5.10 Å². The second-order valence-electron chi connectivity index (χ2n) is 3.77. The maximum Gasteiger partial charge on any atom is 0.328 e. The first-order valence-electron chi connectivity index (χ1n) is 5.15. The molecule has 17 heavy (non-hydrogen) atoms. The van der Waals surface area contributed by atoms with E-state index in [9.17, 15) is 9.59 Å². The molecule has 0 aliphatic rings. The molecule has 2 rings (SSSR count). The summed E-state index contributed by atoms with van der Waals surface area (Å²) in [5, 5.41) is 4.00. The highest BCUT2D eigenvalue weighted by Gasteiger charge is 2.01. The van der Waals surface area contributed by atoms with Crippen molar-refractivity contribution in [1.82, 2.24) is 19.3 Å². The van der Waals surface area contributed by atoms with Gasteiger partial charge >= 0.3 is 5.69 Å². The lowest BCUT2D eigenvalue weighted by molar-refractivity contribution is 0.516. The number of nitrogens with one attached hydrogen (secondary N) is 1. The summed E-state index contributed by atoms with van der Waals surface area (Å²) < 4.78 is 3.08.